The second kappa shape index (κ2) is 11.5. The first-order chi connectivity index (χ1) is 19.7. The third-order valence-corrected chi connectivity index (χ3v) is 7.59. The topological polar surface area (TPSA) is 100 Å². The van der Waals surface area contributed by atoms with Crippen LogP contribution in [0.3, 0.4) is 0 Å². The molecule has 0 saturated carbocycles. The van der Waals surface area contributed by atoms with E-state index in [0.29, 0.717) is 37.7 Å². The SMILES string of the molecule is CCOC(=O)C1=C(C)N=c2s/c(=C/c3ccc(-c4ccc(C(=O)OC(C)C)cc4C)o3)c(=O)n2[C@@H]1c1ccccc1. The van der Waals surface area contributed by atoms with E-state index in [4.69, 9.17) is 13.9 Å². The molecule has 1 atom stereocenters. The number of allylic oxidation sites excluding steroid dienone is 1. The lowest BCUT2D eigenvalue weighted by atomic mass is 9.96. The fraction of sp³-hybridized carbons (Fsp3) is 0.250. The van der Waals surface area contributed by atoms with E-state index in [9.17, 15) is 14.4 Å². The zero-order chi connectivity index (χ0) is 29.3. The zero-order valence-corrected chi connectivity index (χ0v) is 24.3. The molecule has 2 aromatic heterocycles. The van der Waals surface area contributed by atoms with Crippen LogP contribution in [-0.4, -0.2) is 29.2 Å². The van der Waals surface area contributed by atoms with Gasteiger partial charge in [-0.05, 0) is 70.0 Å². The predicted molar refractivity (Wildman–Crippen MR) is 156 cm³/mol. The lowest BCUT2D eigenvalue weighted by molar-refractivity contribution is -0.139. The number of aryl methyl sites for hydroxylation is 1. The maximum atomic E-state index is 13.8. The largest absolute Gasteiger partial charge is 0.463 e. The summed E-state index contributed by atoms with van der Waals surface area (Å²) in [5.41, 5.74) is 3.51. The number of hydrogen-bond donors (Lipinski definition) is 0. The number of rotatable bonds is 7. The minimum absolute atomic E-state index is 0.204. The van der Waals surface area contributed by atoms with Gasteiger partial charge in [-0.25, -0.2) is 14.6 Å². The lowest BCUT2D eigenvalue weighted by Crippen LogP contribution is -2.39. The van der Waals surface area contributed by atoms with Gasteiger partial charge in [0, 0.05) is 11.6 Å². The number of fused-ring (bicyclic) bond motifs is 1. The second-order valence-corrected chi connectivity index (χ2v) is 10.9. The molecule has 1 aliphatic heterocycles. The summed E-state index contributed by atoms with van der Waals surface area (Å²) in [6, 6.07) is 17.6. The fourth-order valence-corrected chi connectivity index (χ4v) is 5.82. The van der Waals surface area contributed by atoms with Gasteiger partial charge in [-0.15, -0.1) is 0 Å². The standard InChI is InChI=1S/C32H30N2O6S/c1-6-38-31(37)27-20(5)33-32-34(28(27)21-10-8-7-9-11-21)29(35)26(41-32)17-23-13-15-25(40-23)24-14-12-22(16-19(24)4)30(36)39-18(2)3/h7-18,28H,6H2,1-5H3/b26-17+/t28-/m1/s1. The summed E-state index contributed by atoms with van der Waals surface area (Å²) in [6.07, 6.45) is 1.48. The minimum Gasteiger partial charge on any atom is -0.463 e. The molecule has 0 N–H and O–H groups in total. The van der Waals surface area contributed by atoms with E-state index in [2.05, 4.69) is 4.99 Å². The van der Waals surface area contributed by atoms with Crippen molar-refractivity contribution in [2.45, 2.75) is 46.8 Å². The van der Waals surface area contributed by atoms with Crippen molar-refractivity contribution in [3.05, 3.63) is 114 Å². The molecule has 1 aliphatic rings. The van der Waals surface area contributed by atoms with Crippen molar-refractivity contribution < 1.29 is 23.5 Å². The number of thiazole rings is 1. The van der Waals surface area contributed by atoms with Crippen molar-refractivity contribution in [2.75, 3.05) is 6.61 Å². The van der Waals surface area contributed by atoms with Gasteiger partial charge in [-0.2, -0.15) is 0 Å². The van der Waals surface area contributed by atoms with Gasteiger partial charge in [0.2, 0.25) is 0 Å². The van der Waals surface area contributed by atoms with Crippen LogP contribution in [0.5, 0.6) is 0 Å². The Kier molecular flexibility index (Phi) is 7.90. The quantitative estimate of drug-likeness (QED) is 0.292. The molecule has 8 nitrogen and oxygen atoms in total. The first kappa shape index (κ1) is 28.0. The van der Waals surface area contributed by atoms with Crippen molar-refractivity contribution in [2.24, 2.45) is 4.99 Å². The summed E-state index contributed by atoms with van der Waals surface area (Å²) >= 11 is 1.23. The number of hydrogen-bond acceptors (Lipinski definition) is 8. The molecule has 4 aromatic rings. The number of furan rings is 1. The summed E-state index contributed by atoms with van der Waals surface area (Å²) in [5, 5.41) is 0. The molecule has 2 aromatic carbocycles. The fourth-order valence-electron chi connectivity index (χ4n) is 4.80. The summed E-state index contributed by atoms with van der Waals surface area (Å²) in [6.45, 7) is 9.23. The van der Waals surface area contributed by atoms with Crippen LogP contribution in [0.2, 0.25) is 0 Å². The Labute approximate surface area is 240 Å². The van der Waals surface area contributed by atoms with Crippen molar-refractivity contribution in [3.8, 4) is 11.3 Å². The maximum absolute atomic E-state index is 13.8. The van der Waals surface area contributed by atoms with E-state index in [1.807, 2.05) is 63.2 Å². The molecule has 0 amide bonds. The molecular weight excluding hydrogens is 540 g/mol. The van der Waals surface area contributed by atoms with Gasteiger partial charge in [0.1, 0.15) is 11.5 Å². The van der Waals surface area contributed by atoms with Gasteiger partial charge >= 0.3 is 11.9 Å². The van der Waals surface area contributed by atoms with Crippen LogP contribution in [0.25, 0.3) is 17.4 Å². The normalized spacial score (nSPS) is 15.1. The molecule has 0 unspecified atom stereocenters. The van der Waals surface area contributed by atoms with Crippen LogP contribution in [0.1, 0.15) is 61.0 Å². The average Bonchev–Trinajstić information content (AvgIpc) is 3.52. The van der Waals surface area contributed by atoms with Gasteiger partial charge in [-0.3, -0.25) is 9.36 Å². The molecule has 0 aliphatic carbocycles. The molecular formula is C32H30N2O6S. The smallest absolute Gasteiger partial charge is 0.338 e. The Morgan fingerprint density at radius 1 is 1.07 bits per heavy atom. The highest BCUT2D eigenvalue weighted by Gasteiger charge is 2.33. The Bertz CT molecular complexity index is 1840. The number of aromatic nitrogens is 1. The molecule has 5 rings (SSSR count). The molecule has 41 heavy (non-hydrogen) atoms. The van der Waals surface area contributed by atoms with Crippen LogP contribution >= 0.6 is 11.3 Å². The minimum atomic E-state index is -0.663. The Hall–Kier alpha value is -4.50. The van der Waals surface area contributed by atoms with Crippen LogP contribution in [0, 0.1) is 6.92 Å². The number of benzene rings is 2. The molecule has 0 saturated heterocycles. The Balaban J connectivity index is 1.54. The summed E-state index contributed by atoms with van der Waals surface area (Å²) in [5.74, 6) is 0.227. The van der Waals surface area contributed by atoms with Crippen LogP contribution in [0.15, 0.2) is 86.1 Å². The number of ether oxygens (including phenoxy) is 2. The molecule has 9 heteroatoms. The van der Waals surface area contributed by atoms with E-state index in [0.717, 1.165) is 16.7 Å². The monoisotopic (exact) mass is 570 g/mol. The first-order valence-corrected chi connectivity index (χ1v) is 14.2. The second-order valence-electron chi connectivity index (χ2n) is 9.90. The van der Waals surface area contributed by atoms with Gasteiger partial charge < -0.3 is 13.9 Å². The first-order valence-electron chi connectivity index (χ1n) is 13.3. The van der Waals surface area contributed by atoms with Crippen molar-refractivity contribution >= 4 is 29.4 Å². The maximum Gasteiger partial charge on any atom is 0.338 e. The Morgan fingerprint density at radius 2 is 1.83 bits per heavy atom. The molecule has 0 bridgehead atoms. The van der Waals surface area contributed by atoms with E-state index in [1.54, 1.807) is 42.7 Å². The van der Waals surface area contributed by atoms with E-state index < -0.39 is 12.0 Å². The molecule has 0 radical (unpaired) electrons. The summed E-state index contributed by atoms with van der Waals surface area (Å²) in [4.78, 5) is 44.1. The number of carbonyl (C=O) groups excluding carboxylic acids is 2. The van der Waals surface area contributed by atoms with Crippen molar-refractivity contribution in [3.63, 3.8) is 0 Å². The van der Waals surface area contributed by atoms with E-state index >= 15 is 0 Å². The summed E-state index contributed by atoms with van der Waals surface area (Å²) in [7, 11) is 0. The predicted octanol–water partition coefficient (Wildman–Crippen LogP) is 4.93. The van der Waals surface area contributed by atoms with Crippen molar-refractivity contribution in [1.82, 2.24) is 4.57 Å². The molecule has 210 valence electrons. The average molecular weight is 571 g/mol. The third kappa shape index (κ3) is 5.58. The highest BCUT2D eigenvalue weighted by atomic mass is 32.1. The van der Waals surface area contributed by atoms with E-state index in [-0.39, 0.29) is 24.2 Å². The highest BCUT2D eigenvalue weighted by Crippen LogP contribution is 2.31. The van der Waals surface area contributed by atoms with Crippen molar-refractivity contribution in [1.29, 1.82) is 0 Å². The van der Waals surface area contributed by atoms with Gasteiger partial charge in [-0.1, -0.05) is 47.7 Å². The zero-order valence-electron chi connectivity index (χ0n) is 23.5. The number of carbonyl (C=O) groups is 2. The van der Waals surface area contributed by atoms with E-state index in [1.165, 1.54) is 11.3 Å². The molecule has 3 heterocycles. The van der Waals surface area contributed by atoms with Crippen LogP contribution in [-0.2, 0) is 14.3 Å². The summed E-state index contributed by atoms with van der Waals surface area (Å²) < 4.78 is 18.7. The van der Waals surface area contributed by atoms with Gasteiger partial charge in [0.15, 0.2) is 4.80 Å². The highest BCUT2D eigenvalue weighted by molar-refractivity contribution is 7.07. The number of esters is 2. The van der Waals surface area contributed by atoms with Gasteiger partial charge in [0.25, 0.3) is 5.56 Å². The third-order valence-electron chi connectivity index (χ3n) is 6.60. The van der Waals surface area contributed by atoms with Gasteiger partial charge in [0.05, 0.1) is 40.1 Å². The van der Waals surface area contributed by atoms with Crippen LogP contribution < -0.4 is 14.9 Å². The molecule has 0 fully saturated rings. The number of nitrogens with zero attached hydrogens (tertiary/aromatic N) is 2. The molecule has 0 spiro atoms. The Morgan fingerprint density at radius 3 is 2.51 bits per heavy atom. The lowest BCUT2D eigenvalue weighted by Gasteiger charge is -2.24. The van der Waals surface area contributed by atoms with Crippen LogP contribution in [0.4, 0.5) is 0 Å².